The number of hydrogen-bond acceptors (Lipinski definition) is 3. The molecule has 0 aliphatic rings. The third-order valence-corrected chi connectivity index (χ3v) is 3.40. The normalized spacial score (nSPS) is 11.3. The molecule has 0 radical (unpaired) electrons. The first-order chi connectivity index (χ1) is 12.2. The molecule has 4 nitrogen and oxygen atoms in total. The lowest BCUT2D eigenvalue weighted by atomic mass is 10.2. The van der Waals surface area contributed by atoms with Gasteiger partial charge in [0, 0.05) is 24.3 Å². The predicted molar refractivity (Wildman–Crippen MR) is 95.4 cm³/mol. The van der Waals surface area contributed by atoms with Crippen LogP contribution in [0.15, 0.2) is 48.5 Å². The van der Waals surface area contributed by atoms with E-state index in [0.717, 1.165) is 23.6 Å². The molecule has 1 amide bonds. The van der Waals surface area contributed by atoms with Crippen molar-refractivity contribution in [2.75, 3.05) is 17.2 Å². The zero-order valence-electron chi connectivity index (χ0n) is 14.6. The second kappa shape index (κ2) is 8.60. The van der Waals surface area contributed by atoms with Crippen molar-refractivity contribution in [3.63, 3.8) is 0 Å². The van der Waals surface area contributed by atoms with Crippen molar-refractivity contribution in [2.24, 2.45) is 0 Å². The monoisotopic (exact) mass is 366 g/mol. The zero-order chi connectivity index (χ0) is 19.2. The number of halogens is 3. The van der Waals surface area contributed by atoms with Crippen LogP contribution in [0.25, 0.3) is 0 Å². The number of ether oxygens (including phenoxy) is 1. The molecule has 0 aliphatic heterocycles. The highest BCUT2D eigenvalue weighted by molar-refractivity contribution is 5.91. The zero-order valence-corrected chi connectivity index (χ0v) is 14.6. The van der Waals surface area contributed by atoms with Crippen LogP contribution < -0.4 is 15.4 Å². The van der Waals surface area contributed by atoms with E-state index >= 15 is 0 Å². The van der Waals surface area contributed by atoms with Crippen molar-refractivity contribution in [1.82, 2.24) is 0 Å². The summed E-state index contributed by atoms with van der Waals surface area (Å²) < 4.78 is 43.0. The van der Waals surface area contributed by atoms with E-state index in [1.54, 1.807) is 0 Å². The molecule has 0 bridgehead atoms. The van der Waals surface area contributed by atoms with E-state index in [0.29, 0.717) is 12.2 Å². The van der Waals surface area contributed by atoms with Crippen LogP contribution in [0.4, 0.5) is 24.5 Å². The van der Waals surface area contributed by atoms with Crippen molar-refractivity contribution in [1.29, 1.82) is 0 Å². The summed E-state index contributed by atoms with van der Waals surface area (Å²) in [5, 5.41) is 5.68. The van der Waals surface area contributed by atoms with E-state index in [1.807, 2.05) is 38.1 Å². The largest absolute Gasteiger partial charge is 0.491 e. The Labute approximate surface area is 150 Å². The minimum absolute atomic E-state index is 0.0997. The quantitative estimate of drug-likeness (QED) is 0.730. The lowest BCUT2D eigenvalue weighted by Gasteiger charge is -2.11. The second-order valence-corrected chi connectivity index (χ2v) is 5.99. The van der Waals surface area contributed by atoms with E-state index in [9.17, 15) is 18.0 Å². The van der Waals surface area contributed by atoms with Gasteiger partial charge in [-0.25, -0.2) is 0 Å². The van der Waals surface area contributed by atoms with Crippen molar-refractivity contribution in [2.45, 2.75) is 32.5 Å². The summed E-state index contributed by atoms with van der Waals surface area (Å²) in [4.78, 5) is 11.9. The van der Waals surface area contributed by atoms with Gasteiger partial charge in [0.25, 0.3) is 0 Å². The molecular weight excluding hydrogens is 345 g/mol. The summed E-state index contributed by atoms with van der Waals surface area (Å²) >= 11 is 0. The number of carbonyl (C=O) groups excluding carboxylic acids is 1. The molecule has 0 aromatic heterocycles. The molecule has 2 rings (SSSR count). The number of hydrogen-bond donors (Lipinski definition) is 2. The minimum Gasteiger partial charge on any atom is -0.491 e. The number of amides is 1. The molecule has 2 aromatic rings. The SMILES string of the molecule is CC(C)Oc1ccc(NCCC(=O)Nc2ccc(C(F)(F)F)cc2)cc1. The van der Waals surface area contributed by atoms with Crippen LogP contribution >= 0.6 is 0 Å². The first-order valence-electron chi connectivity index (χ1n) is 8.22. The molecule has 2 aromatic carbocycles. The summed E-state index contributed by atoms with van der Waals surface area (Å²) in [6.07, 6.45) is -4.10. The average molecular weight is 366 g/mol. The van der Waals surface area contributed by atoms with Gasteiger partial charge in [-0.1, -0.05) is 0 Å². The van der Waals surface area contributed by atoms with E-state index in [1.165, 1.54) is 12.1 Å². The fourth-order valence-corrected chi connectivity index (χ4v) is 2.21. The Balaban J connectivity index is 1.76. The summed E-state index contributed by atoms with van der Waals surface area (Å²) in [5.41, 5.74) is 0.434. The molecular formula is C19H21F3N2O2. The first kappa shape index (κ1) is 19.6. The summed E-state index contributed by atoms with van der Waals surface area (Å²) in [6.45, 7) is 4.29. The first-order valence-corrected chi connectivity index (χ1v) is 8.22. The molecule has 0 fully saturated rings. The molecule has 0 saturated heterocycles. The molecule has 2 N–H and O–H groups in total. The molecule has 7 heteroatoms. The van der Waals surface area contributed by atoms with Crippen molar-refractivity contribution >= 4 is 17.3 Å². The highest BCUT2D eigenvalue weighted by atomic mass is 19.4. The third-order valence-electron chi connectivity index (χ3n) is 3.40. The maximum Gasteiger partial charge on any atom is 0.416 e. The van der Waals surface area contributed by atoms with Gasteiger partial charge in [0.15, 0.2) is 0 Å². The van der Waals surface area contributed by atoms with Gasteiger partial charge >= 0.3 is 6.18 Å². The Morgan fingerprint density at radius 1 is 1.00 bits per heavy atom. The molecule has 140 valence electrons. The number of carbonyl (C=O) groups is 1. The van der Waals surface area contributed by atoms with Crippen molar-refractivity contribution in [3.8, 4) is 5.75 Å². The van der Waals surface area contributed by atoms with E-state index < -0.39 is 11.7 Å². The Kier molecular flexibility index (Phi) is 6.49. The Morgan fingerprint density at radius 3 is 2.12 bits per heavy atom. The van der Waals surface area contributed by atoms with Crippen molar-refractivity contribution < 1.29 is 22.7 Å². The summed E-state index contributed by atoms with van der Waals surface area (Å²) in [6, 6.07) is 11.7. The van der Waals surface area contributed by atoms with Crippen LogP contribution in [0.3, 0.4) is 0 Å². The van der Waals surface area contributed by atoms with Crippen molar-refractivity contribution in [3.05, 3.63) is 54.1 Å². The number of nitrogens with one attached hydrogen (secondary N) is 2. The number of alkyl halides is 3. The molecule has 0 spiro atoms. The Bertz CT molecular complexity index is 711. The fourth-order valence-electron chi connectivity index (χ4n) is 2.21. The molecule has 26 heavy (non-hydrogen) atoms. The van der Waals surface area contributed by atoms with Crippen LogP contribution in [0, 0.1) is 0 Å². The highest BCUT2D eigenvalue weighted by Gasteiger charge is 2.29. The van der Waals surface area contributed by atoms with Gasteiger partial charge in [0.1, 0.15) is 5.75 Å². The second-order valence-electron chi connectivity index (χ2n) is 5.99. The van der Waals surface area contributed by atoms with Gasteiger partial charge in [0.05, 0.1) is 11.7 Å². The average Bonchev–Trinajstić information content (AvgIpc) is 2.55. The van der Waals surface area contributed by atoms with Gasteiger partial charge in [0.2, 0.25) is 5.91 Å². The van der Waals surface area contributed by atoms with Gasteiger partial charge in [-0.15, -0.1) is 0 Å². The summed E-state index contributed by atoms with van der Waals surface area (Å²) in [7, 11) is 0. The molecule has 0 heterocycles. The lowest BCUT2D eigenvalue weighted by Crippen LogP contribution is -2.16. The molecule has 0 aliphatic carbocycles. The Morgan fingerprint density at radius 2 is 1.58 bits per heavy atom. The van der Waals surface area contributed by atoms with Crippen LogP contribution in [0.2, 0.25) is 0 Å². The number of anilines is 2. The lowest BCUT2D eigenvalue weighted by molar-refractivity contribution is -0.137. The Hall–Kier alpha value is -2.70. The van der Waals surface area contributed by atoms with Crippen LogP contribution in [-0.2, 0) is 11.0 Å². The van der Waals surface area contributed by atoms with Gasteiger partial charge < -0.3 is 15.4 Å². The predicted octanol–water partition coefficient (Wildman–Crippen LogP) is 4.93. The maximum absolute atomic E-state index is 12.5. The van der Waals surface area contributed by atoms with E-state index in [2.05, 4.69) is 10.6 Å². The van der Waals surface area contributed by atoms with Crippen LogP contribution in [0.5, 0.6) is 5.75 Å². The maximum atomic E-state index is 12.5. The van der Waals surface area contributed by atoms with Gasteiger partial charge in [-0.05, 0) is 62.4 Å². The molecule has 0 saturated carbocycles. The molecule has 0 atom stereocenters. The van der Waals surface area contributed by atoms with Crippen LogP contribution in [-0.4, -0.2) is 18.6 Å². The summed E-state index contributed by atoms with van der Waals surface area (Å²) in [5.74, 6) is 0.489. The minimum atomic E-state index is -4.39. The highest BCUT2D eigenvalue weighted by Crippen LogP contribution is 2.29. The van der Waals surface area contributed by atoms with Gasteiger partial charge in [-0.2, -0.15) is 13.2 Å². The third kappa shape index (κ3) is 6.31. The van der Waals surface area contributed by atoms with Crippen LogP contribution in [0.1, 0.15) is 25.8 Å². The number of benzene rings is 2. The van der Waals surface area contributed by atoms with E-state index in [4.69, 9.17) is 4.74 Å². The topological polar surface area (TPSA) is 50.4 Å². The van der Waals surface area contributed by atoms with Gasteiger partial charge in [-0.3, -0.25) is 4.79 Å². The molecule has 0 unspecified atom stereocenters. The standard InChI is InChI=1S/C19H21F3N2O2/c1-13(2)26-17-9-7-15(8-10-17)23-12-11-18(25)24-16-5-3-14(4-6-16)19(20,21)22/h3-10,13,23H,11-12H2,1-2H3,(H,24,25). The number of rotatable bonds is 7. The fraction of sp³-hybridized carbons (Fsp3) is 0.316. The van der Waals surface area contributed by atoms with E-state index in [-0.39, 0.29) is 18.4 Å². The smallest absolute Gasteiger partial charge is 0.416 e.